The van der Waals surface area contributed by atoms with E-state index < -0.39 is 23.7 Å². The minimum Gasteiger partial charge on any atom is -0.495 e. The van der Waals surface area contributed by atoms with Crippen molar-refractivity contribution in [2.75, 3.05) is 26.0 Å². The number of nitrogens with zero attached hydrogens (tertiary/aromatic N) is 1. The third kappa shape index (κ3) is 4.71. The number of carbonyl (C=O) groups is 2. The summed E-state index contributed by atoms with van der Waals surface area (Å²) in [5.74, 6) is 0.405. The number of likely N-dealkylation sites (N-methyl/N-ethyl adjacent to an activating group) is 1. The van der Waals surface area contributed by atoms with Crippen molar-refractivity contribution in [1.82, 2.24) is 10.2 Å². The van der Waals surface area contributed by atoms with Crippen molar-refractivity contribution in [2.45, 2.75) is 12.2 Å². The summed E-state index contributed by atoms with van der Waals surface area (Å²) in [6, 6.07) is 7.75. The molecule has 1 atom stereocenters. The molecule has 0 bridgehead atoms. The third-order valence-corrected chi connectivity index (χ3v) is 4.26. The fraction of sp³-hybridized carbons (Fsp3) is 0.263. The van der Waals surface area contributed by atoms with E-state index in [0.717, 1.165) is 12.1 Å². The predicted molar refractivity (Wildman–Crippen MR) is 98.1 cm³/mol. The molecule has 0 aromatic heterocycles. The van der Waals surface area contributed by atoms with E-state index in [1.54, 1.807) is 19.2 Å². The maximum absolute atomic E-state index is 12.7. The number of alkyl halides is 3. The molecule has 1 saturated heterocycles. The van der Waals surface area contributed by atoms with Crippen LogP contribution < -0.4 is 20.1 Å². The summed E-state index contributed by atoms with van der Waals surface area (Å²) < 4.78 is 48.8. The lowest BCUT2D eigenvalue weighted by Gasteiger charge is -2.15. The maximum atomic E-state index is 12.7. The number of ether oxygens (including phenoxy) is 2. The first-order valence-corrected chi connectivity index (χ1v) is 8.53. The molecule has 154 valence electrons. The van der Waals surface area contributed by atoms with Crippen LogP contribution in [-0.2, 0) is 11.0 Å². The Balaban J connectivity index is 1.75. The summed E-state index contributed by atoms with van der Waals surface area (Å²) in [6.45, 7) is 0.217. The van der Waals surface area contributed by atoms with E-state index in [2.05, 4.69) is 10.6 Å². The average molecular weight is 409 g/mol. The molecular weight excluding hydrogens is 391 g/mol. The van der Waals surface area contributed by atoms with Gasteiger partial charge in [-0.3, -0.25) is 4.79 Å². The molecule has 3 amide bonds. The van der Waals surface area contributed by atoms with Gasteiger partial charge in [0.15, 0.2) is 0 Å². The molecule has 1 fully saturated rings. The van der Waals surface area contributed by atoms with Crippen LogP contribution in [0.2, 0.25) is 0 Å². The van der Waals surface area contributed by atoms with Crippen LogP contribution in [0, 0.1) is 0 Å². The summed E-state index contributed by atoms with van der Waals surface area (Å²) in [5, 5.41) is 5.21. The molecule has 1 heterocycles. The number of amides is 3. The molecule has 1 aliphatic heterocycles. The van der Waals surface area contributed by atoms with E-state index >= 15 is 0 Å². The van der Waals surface area contributed by atoms with Crippen molar-refractivity contribution in [3.63, 3.8) is 0 Å². The van der Waals surface area contributed by atoms with Crippen LogP contribution in [0.5, 0.6) is 17.2 Å². The number of hydrogen-bond acceptors (Lipinski definition) is 4. The second kappa shape index (κ2) is 7.90. The van der Waals surface area contributed by atoms with Crippen LogP contribution in [0.4, 0.5) is 23.7 Å². The summed E-state index contributed by atoms with van der Waals surface area (Å²) in [6.07, 6.45) is -4.43. The van der Waals surface area contributed by atoms with E-state index in [-0.39, 0.29) is 24.1 Å². The molecule has 0 saturated carbocycles. The lowest BCUT2D eigenvalue weighted by atomic mass is 10.2. The van der Waals surface area contributed by atoms with Gasteiger partial charge < -0.3 is 25.0 Å². The molecule has 1 unspecified atom stereocenters. The first-order chi connectivity index (χ1) is 13.7. The molecular formula is C19H18F3N3O4. The molecule has 2 aromatic rings. The number of hydrogen-bond donors (Lipinski definition) is 2. The Hall–Kier alpha value is -3.43. The van der Waals surface area contributed by atoms with Crippen molar-refractivity contribution in [3.8, 4) is 17.2 Å². The molecule has 0 spiro atoms. The van der Waals surface area contributed by atoms with Crippen molar-refractivity contribution >= 4 is 17.6 Å². The third-order valence-electron chi connectivity index (χ3n) is 4.26. The summed E-state index contributed by atoms with van der Waals surface area (Å²) >= 11 is 0. The Morgan fingerprint density at radius 1 is 1.17 bits per heavy atom. The monoisotopic (exact) mass is 409 g/mol. The molecule has 0 radical (unpaired) electrons. The Bertz CT molecular complexity index is 916. The van der Waals surface area contributed by atoms with Crippen molar-refractivity contribution < 1.29 is 32.2 Å². The molecule has 10 heteroatoms. The Labute approximate surface area is 164 Å². The smallest absolute Gasteiger partial charge is 0.416 e. The fourth-order valence-corrected chi connectivity index (χ4v) is 2.73. The summed E-state index contributed by atoms with van der Waals surface area (Å²) in [4.78, 5) is 25.3. The number of urea groups is 1. The van der Waals surface area contributed by atoms with Gasteiger partial charge in [-0.05, 0) is 36.4 Å². The predicted octanol–water partition coefficient (Wildman–Crippen LogP) is 3.47. The van der Waals surface area contributed by atoms with Crippen LogP contribution in [0.3, 0.4) is 0 Å². The van der Waals surface area contributed by atoms with Crippen molar-refractivity contribution in [1.29, 1.82) is 0 Å². The SMILES string of the molecule is COc1ccc(Oc2ccc(C(F)(F)F)cc2)cc1NC(=O)C1CN(C)C(=O)N1. The molecule has 29 heavy (non-hydrogen) atoms. The number of halogens is 3. The van der Waals surface area contributed by atoms with Gasteiger partial charge in [-0.15, -0.1) is 0 Å². The van der Waals surface area contributed by atoms with E-state index in [1.807, 2.05) is 0 Å². The van der Waals surface area contributed by atoms with Crippen LogP contribution in [0.15, 0.2) is 42.5 Å². The molecule has 3 rings (SSSR count). The first kappa shape index (κ1) is 20.3. The number of anilines is 1. The number of benzene rings is 2. The fourth-order valence-electron chi connectivity index (χ4n) is 2.73. The highest BCUT2D eigenvalue weighted by Crippen LogP contribution is 2.34. The Morgan fingerprint density at radius 3 is 2.38 bits per heavy atom. The van der Waals surface area contributed by atoms with Gasteiger partial charge in [0, 0.05) is 13.1 Å². The highest BCUT2D eigenvalue weighted by atomic mass is 19.4. The van der Waals surface area contributed by atoms with Gasteiger partial charge >= 0.3 is 12.2 Å². The van der Waals surface area contributed by atoms with E-state index in [1.165, 1.54) is 30.2 Å². The number of methoxy groups -OCH3 is 1. The number of nitrogens with one attached hydrogen (secondary N) is 2. The summed E-state index contributed by atoms with van der Waals surface area (Å²) in [5.41, 5.74) is -0.484. The van der Waals surface area contributed by atoms with Crippen LogP contribution in [0.1, 0.15) is 5.56 Å². The minimum absolute atomic E-state index is 0.199. The highest BCUT2D eigenvalue weighted by molar-refractivity contribution is 5.99. The number of rotatable bonds is 5. The molecule has 0 aliphatic carbocycles. The van der Waals surface area contributed by atoms with Gasteiger partial charge in [-0.1, -0.05) is 0 Å². The zero-order valence-electron chi connectivity index (χ0n) is 15.5. The van der Waals surface area contributed by atoms with Gasteiger partial charge in [0.25, 0.3) is 0 Å². The molecule has 1 aliphatic rings. The normalized spacial score (nSPS) is 16.4. The zero-order chi connectivity index (χ0) is 21.2. The van der Waals surface area contributed by atoms with Crippen LogP contribution >= 0.6 is 0 Å². The largest absolute Gasteiger partial charge is 0.495 e. The highest BCUT2D eigenvalue weighted by Gasteiger charge is 2.32. The second-order valence-electron chi connectivity index (χ2n) is 6.36. The van der Waals surface area contributed by atoms with Gasteiger partial charge in [0.1, 0.15) is 23.3 Å². The lowest BCUT2D eigenvalue weighted by Crippen LogP contribution is -2.38. The van der Waals surface area contributed by atoms with E-state index in [4.69, 9.17) is 9.47 Å². The summed E-state index contributed by atoms with van der Waals surface area (Å²) in [7, 11) is 2.99. The maximum Gasteiger partial charge on any atom is 0.416 e. The molecule has 2 N–H and O–H groups in total. The first-order valence-electron chi connectivity index (χ1n) is 8.53. The van der Waals surface area contributed by atoms with Gasteiger partial charge in [-0.2, -0.15) is 13.2 Å². The van der Waals surface area contributed by atoms with Gasteiger partial charge in [0.05, 0.1) is 24.9 Å². The van der Waals surface area contributed by atoms with Crippen molar-refractivity contribution in [3.05, 3.63) is 48.0 Å². The number of carbonyl (C=O) groups excluding carboxylic acids is 2. The quantitative estimate of drug-likeness (QED) is 0.793. The second-order valence-corrected chi connectivity index (χ2v) is 6.36. The van der Waals surface area contributed by atoms with Crippen LogP contribution in [-0.4, -0.2) is 43.6 Å². The van der Waals surface area contributed by atoms with Crippen LogP contribution in [0.25, 0.3) is 0 Å². The van der Waals surface area contributed by atoms with Crippen molar-refractivity contribution in [2.24, 2.45) is 0 Å². The Kier molecular flexibility index (Phi) is 5.53. The zero-order valence-corrected chi connectivity index (χ0v) is 15.5. The van der Waals surface area contributed by atoms with Gasteiger partial charge in [-0.25, -0.2) is 4.79 Å². The standard InChI is InChI=1S/C19H18F3N3O4/c1-25-10-15(24-18(25)27)17(26)23-14-9-13(7-8-16(14)28-2)29-12-5-3-11(4-6-12)19(20,21)22/h3-9,15H,10H2,1-2H3,(H,23,26)(H,24,27). The topological polar surface area (TPSA) is 79.9 Å². The molecule has 7 nitrogen and oxygen atoms in total. The molecule has 2 aromatic carbocycles. The van der Waals surface area contributed by atoms with E-state index in [9.17, 15) is 22.8 Å². The minimum atomic E-state index is -4.43. The lowest BCUT2D eigenvalue weighted by molar-refractivity contribution is -0.137. The van der Waals surface area contributed by atoms with E-state index in [0.29, 0.717) is 11.4 Å². The Morgan fingerprint density at radius 2 is 1.83 bits per heavy atom. The van der Waals surface area contributed by atoms with Gasteiger partial charge in [0.2, 0.25) is 5.91 Å². The average Bonchev–Trinajstić information content (AvgIpc) is 3.01.